The molecule has 0 aliphatic heterocycles. The highest BCUT2D eigenvalue weighted by Gasteiger charge is 2.41. The molecule has 0 radical (unpaired) electrons. The van der Waals surface area contributed by atoms with Gasteiger partial charge in [-0.2, -0.15) is 0 Å². The maximum atomic E-state index is 13.3. The van der Waals surface area contributed by atoms with Gasteiger partial charge in [0.1, 0.15) is 23.2 Å². The number of ether oxygens (including phenoxy) is 3. The first-order valence-corrected chi connectivity index (χ1v) is 10.4. The highest BCUT2D eigenvalue weighted by atomic mass is 16.7. The van der Waals surface area contributed by atoms with E-state index in [0.717, 1.165) is 5.56 Å². The van der Waals surface area contributed by atoms with Gasteiger partial charge in [0, 0.05) is 6.04 Å². The molecule has 6 heteroatoms. The van der Waals surface area contributed by atoms with Crippen LogP contribution in [0.2, 0.25) is 0 Å². The Bertz CT molecular complexity index is 853. The minimum Gasteiger partial charge on any atom is -0.460 e. The van der Waals surface area contributed by atoms with Gasteiger partial charge in [-0.1, -0.05) is 60.7 Å². The number of rotatable bonds is 6. The van der Waals surface area contributed by atoms with Crippen molar-refractivity contribution >= 4 is 12.1 Å². The molecular weight excluding hydrogens is 394 g/mol. The lowest BCUT2D eigenvalue weighted by atomic mass is 9.85. The number of hydrogen-bond donors (Lipinski definition) is 1. The summed E-state index contributed by atoms with van der Waals surface area (Å²) in [6, 6.07) is 17.5. The molecule has 0 fully saturated rings. The summed E-state index contributed by atoms with van der Waals surface area (Å²) in [7, 11) is 0. The van der Waals surface area contributed by atoms with E-state index >= 15 is 0 Å². The molecular formula is C25H33NO5. The number of benzene rings is 2. The second-order valence-electron chi connectivity index (χ2n) is 9.41. The van der Waals surface area contributed by atoms with Crippen molar-refractivity contribution < 1.29 is 23.8 Å². The Morgan fingerprint density at radius 3 is 1.65 bits per heavy atom. The normalized spacial score (nSPS) is 14.8. The fourth-order valence-electron chi connectivity index (χ4n) is 3.08. The number of carbonyl (C=O) groups excluding carboxylic acids is 2. The van der Waals surface area contributed by atoms with Crippen LogP contribution in [0.4, 0.5) is 4.79 Å². The summed E-state index contributed by atoms with van der Waals surface area (Å²) in [6.45, 7) is 10.6. The molecule has 168 valence electrons. The van der Waals surface area contributed by atoms with Crippen LogP contribution >= 0.6 is 0 Å². The summed E-state index contributed by atoms with van der Waals surface area (Å²) in [4.78, 5) is 25.9. The monoisotopic (exact) mass is 427 g/mol. The summed E-state index contributed by atoms with van der Waals surface area (Å²) in [5, 5.41) is 0. The predicted molar refractivity (Wildman–Crippen MR) is 119 cm³/mol. The molecule has 0 unspecified atom stereocenters. The Kier molecular flexibility index (Phi) is 7.85. The van der Waals surface area contributed by atoms with E-state index in [-0.39, 0.29) is 0 Å². The third-order valence-corrected chi connectivity index (χ3v) is 4.32. The van der Waals surface area contributed by atoms with Gasteiger partial charge in [0.25, 0.3) is 0 Å². The molecule has 0 amide bonds. The molecule has 0 saturated heterocycles. The van der Waals surface area contributed by atoms with Crippen LogP contribution in [-0.2, 0) is 19.0 Å². The maximum Gasteiger partial charge on any atom is 0.509 e. The van der Waals surface area contributed by atoms with Crippen molar-refractivity contribution in [3.8, 4) is 0 Å². The summed E-state index contributed by atoms with van der Waals surface area (Å²) in [5.41, 5.74) is 6.43. The lowest BCUT2D eigenvalue weighted by molar-refractivity contribution is -0.166. The Hall–Kier alpha value is -2.86. The van der Waals surface area contributed by atoms with Gasteiger partial charge in [0.15, 0.2) is 0 Å². The van der Waals surface area contributed by atoms with Crippen molar-refractivity contribution in [3.63, 3.8) is 0 Å². The first-order chi connectivity index (χ1) is 14.4. The van der Waals surface area contributed by atoms with Crippen LogP contribution in [0.5, 0.6) is 0 Å². The summed E-state index contributed by atoms with van der Waals surface area (Å²) < 4.78 is 16.7. The fraction of sp³-hybridized carbons (Fsp3) is 0.440. The number of carbonyl (C=O) groups is 2. The molecule has 0 aliphatic carbocycles. The highest BCUT2D eigenvalue weighted by molar-refractivity contribution is 5.76. The molecule has 0 heterocycles. The van der Waals surface area contributed by atoms with E-state index in [4.69, 9.17) is 19.9 Å². The molecule has 0 aliphatic rings. The molecule has 0 saturated carbocycles. The van der Waals surface area contributed by atoms with Crippen molar-refractivity contribution in [2.75, 3.05) is 0 Å². The predicted octanol–water partition coefficient (Wildman–Crippen LogP) is 5.34. The van der Waals surface area contributed by atoms with Gasteiger partial charge in [0.05, 0.1) is 0 Å². The van der Waals surface area contributed by atoms with E-state index in [2.05, 4.69) is 0 Å². The number of esters is 1. The standard InChI is InChI=1S/C25H33NO5/c1-24(2,3)30-22(27)19(20(26)17-13-9-7-10-14-17)21(18-15-11-8-12-16-18)29-23(28)31-25(4,5)6/h7-16,19-21H,26H2,1-6H3/t19-,20+,21-/m0/s1. The van der Waals surface area contributed by atoms with Crippen LogP contribution in [0.25, 0.3) is 0 Å². The zero-order valence-electron chi connectivity index (χ0n) is 19.1. The van der Waals surface area contributed by atoms with Gasteiger partial charge in [-0.05, 0) is 52.7 Å². The van der Waals surface area contributed by atoms with Crippen molar-refractivity contribution in [2.24, 2.45) is 11.7 Å². The van der Waals surface area contributed by atoms with Crippen LogP contribution in [0.1, 0.15) is 64.8 Å². The Labute approximate surface area is 184 Å². The average molecular weight is 428 g/mol. The second-order valence-corrected chi connectivity index (χ2v) is 9.41. The van der Waals surface area contributed by atoms with Gasteiger partial charge in [0.2, 0.25) is 0 Å². The van der Waals surface area contributed by atoms with E-state index in [1.165, 1.54) is 0 Å². The zero-order valence-corrected chi connectivity index (χ0v) is 19.1. The molecule has 2 aromatic rings. The average Bonchev–Trinajstić information content (AvgIpc) is 2.66. The van der Waals surface area contributed by atoms with Gasteiger partial charge in [-0.15, -0.1) is 0 Å². The van der Waals surface area contributed by atoms with Crippen LogP contribution in [0, 0.1) is 5.92 Å². The van der Waals surface area contributed by atoms with Gasteiger partial charge in [-0.3, -0.25) is 4.79 Å². The van der Waals surface area contributed by atoms with Crippen LogP contribution < -0.4 is 5.73 Å². The number of nitrogens with two attached hydrogens (primary N) is 1. The van der Waals surface area contributed by atoms with Crippen molar-refractivity contribution in [2.45, 2.75) is 64.9 Å². The Morgan fingerprint density at radius 1 is 0.742 bits per heavy atom. The number of hydrogen-bond acceptors (Lipinski definition) is 6. The maximum absolute atomic E-state index is 13.3. The van der Waals surface area contributed by atoms with Gasteiger partial charge >= 0.3 is 12.1 Å². The smallest absolute Gasteiger partial charge is 0.460 e. The molecule has 0 aromatic heterocycles. The highest BCUT2D eigenvalue weighted by Crippen LogP contribution is 2.37. The minimum atomic E-state index is -0.999. The van der Waals surface area contributed by atoms with Crippen molar-refractivity contribution in [1.29, 1.82) is 0 Å². The Morgan fingerprint density at radius 2 is 1.19 bits per heavy atom. The summed E-state index contributed by atoms with van der Waals surface area (Å²) in [5.74, 6) is -1.54. The van der Waals surface area contributed by atoms with Crippen LogP contribution in [0.3, 0.4) is 0 Å². The van der Waals surface area contributed by atoms with Gasteiger partial charge < -0.3 is 19.9 Å². The van der Waals surface area contributed by atoms with Crippen molar-refractivity contribution in [1.82, 2.24) is 0 Å². The molecule has 6 nitrogen and oxygen atoms in total. The molecule has 3 atom stereocenters. The van der Waals surface area contributed by atoms with Crippen molar-refractivity contribution in [3.05, 3.63) is 71.8 Å². The quantitative estimate of drug-likeness (QED) is 0.626. The lowest BCUT2D eigenvalue weighted by Gasteiger charge is -2.33. The third kappa shape index (κ3) is 7.72. The van der Waals surface area contributed by atoms with E-state index in [0.29, 0.717) is 5.56 Å². The SMILES string of the molecule is CC(C)(C)OC(=O)O[C@@H](c1ccccc1)[C@@H](C(=O)OC(C)(C)C)[C@H](N)c1ccccc1. The molecule has 2 rings (SSSR count). The van der Waals surface area contributed by atoms with E-state index in [1.807, 2.05) is 36.4 Å². The molecule has 0 bridgehead atoms. The lowest BCUT2D eigenvalue weighted by Crippen LogP contribution is -2.40. The van der Waals surface area contributed by atoms with E-state index < -0.39 is 41.4 Å². The van der Waals surface area contributed by atoms with E-state index in [1.54, 1.807) is 65.8 Å². The van der Waals surface area contributed by atoms with Crippen LogP contribution in [-0.4, -0.2) is 23.3 Å². The first kappa shape index (κ1) is 24.4. The first-order valence-electron chi connectivity index (χ1n) is 10.4. The second kappa shape index (κ2) is 9.96. The van der Waals surface area contributed by atoms with Crippen LogP contribution in [0.15, 0.2) is 60.7 Å². The molecule has 2 aromatic carbocycles. The minimum absolute atomic E-state index is 0.554. The molecule has 31 heavy (non-hydrogen) atoms. The summed E-state index contributed by atoms with van der Waals surface area (Å²) in [6.07, 6.45) is -1.88. The largest absolute Gasteiger partial charge is 0.509 e. The zero-order chi connectivity index (χ0) is 23.2. The fourth-order valence-corrected chi connectivity index (χ4v) is 3.08. The molecule has 0 spiro atoms. The molecule has 2 N–H and O–H groups in total. The van der Waals surface area contributed by atoms with E-state index in [9.17, 15) is 9.59 Å². The summed E-state index contributed by atoms with van der Waals surface area (Å²) >= 11 is 0. The topological polar surface area (TPSA) is 87.8 Å². The Balaban J connectivity index is 2.51. The third-order valence-electron chi connectivity index (χ3n) is 4.32. The van der Waals surface area contributed by atoms with Gasteiger partial charge in [-0.25, -0.2) is 4.79 Å².